The Balaban J connectivity index is 2.75. The standard InChI is InChI=1S/C19H33N/c1-6-7-10-18-11-8-9-12-19(18)15-20(13-16(2)3)14-17(4)5/h8-9,11-12,16-17H,6-7,10,13-15H2,1-5H3. The molecule has 1 aromatic rings. The zero-order valence-corrected chi connectivity index (χ0v) is 14.2. The Morgan fingerprint density at radius 1 is 0.900 bits per heavy atom. The first-order valence-electron chi connectivity index (χ1n) is 8.32. The SMILES string of the molecule is CCCCc1ccccc1CN(CC(C)C)CC(C)C. The van der Waals surface area contributed by atoms with Crippen molar-refractivity contribution in [3.05, 3.63) is 35.4 Å². The second-order valence-electron chi connectivity index (χ2n) is 6.85. The molecule has 0 aromatic heterocycles. The van der Waals surface area contributed by atoms with Crippen LogP contribution >= 0.6 is 0 Å². The molecule has 1 aromatic carbocycles. The molecule has 1 heteroatoms. The van der Waals surface area contributed by atoms with Crippen LogP contribution in [0.25, 0.3) is 0 Å². The molecule has 0 N–H and O–H groups in total. The molecule has 0 radical (unpaired) electrons. The topological polar surface area (TPSA) is 3.24 Å². The van der Waals surface area contributed by atoms with Crippen molar-refractivity contribution in [1.82, 2.24) is 4.90 Å². The number of hydrogen-bond donors (Lipinski definition) is 0. The maximum atomic E-state index is 2.63. The maximum absolute atomic E-state index is 2.63. The molecule has 0 aliphatic carbocycles. The van der Waals surface area contributed by atoms with Crippen LogP contribution in [0.4, 0.5) is 0 Å². The highest BCUT2D eigenvalue weighted by Gasteiger charge is 2.12. The average Bonchev–Trinajstić information content (AvgIpc) is 2.36. The van der Waals surface area contributed by atoms with Gasteiger partial charge >= 0.3 is 0 Å². The van der Waals surface area contributed by atoms with Crippen molar-refractivity contribution < 1.29 is 0 Å². The molecular weight excluding hydrogens is 242 g/mol. The van der Waals surface area contributed by atoms with Gasteiger partial charge in [0.05, 0.1) is 0 Å². The monoisotopic (exact) mass is 275 g/mol. The van der Waals surface area contributed by atoms with Crippen LogP contribution in [0, 0.1) is 11.8 Å². The molecule has 0 spiro atoms. The van der Waals surface area contributed by atoms with E-state index in [1.165, 1.54) is 37.9 Å². The summed E-state index contributed by atoms with van der Waals surface area (Å²) in [6.07, 6.45) is 3.80. The highest BCUT2D eigenvalue weighted by molar-refractivity contribution is 5.27. The highest BCUT2D eigenvalue weighted by Crippen LogP contribution is 2.16. The summed E-state index contributed by atoms with van der Waals surface area (Å²) in [5.41, 5.74) is 3.08. The van der Waals surface area contributed by atoms with E-state index < -0.39 is 0 Å². The summed E-state index contributed by atoms with van der Waals surface area (Å²) in [7, 11) is 0. The Bertz CT molecular complexity index is 358. The maximum Gasteiger partial charge on any atom is 0.0236 e. The lowest BCUT2D eigenvalue weighted by Crippen LogP contribution is -2.31. The van der Waals surface area contributed by atoms with E-state index >= 15 is 0 Å². The van der Waals surface area contributed by atoms with E-state index in [0.29, 0.717) is 0 Å². The van der Waals surface area contributed by atoms with Gasteiger partial charge in [0.1, 0.15) is 0 Å². The predicted molar refractivity (Wildman–Crippen MR) is 90.0 cm³/mol. The van der Waals surface area contributed by atoms with Crippen molar-refractivity contribution in [2.24, 2.45) is 11.8 Å². The van der Waals surface area contributed by atoms with Gasteiger partial charge < -0.3 is 0 Å². The Morgan fingerprint density at radius 2 is 1.45 bits per heavy atom. The Kier molecular flexibility index (Phi) is 7.91. The van der Waals surface area contributed by atoms with Crippen LogP contribution in [0.3, 0.4) is 0 Å². The molecule has 20 heavy (non-hydrogen) atoms. The molecule has 0 atom stereocenters. The third-order valence-electron chi connectivity index (χ3n) is 3.56. The quantitative estimate of drug-likeness (QED) is 0.603. The fourth-order valence-corrected chi connectivity index (χ4v) is 2.80. The van der Waals surface area contributed by atoms with E-state index in [1.807, 2.05) is 0 Å². The fourth-order valence-electron chi connectivity index (χ4n) is 2.80. The molecule has 1 rings (SSSR count). The molecule has 0 saturated carbocycles. The molecule has 0 bridgehead atoms. The number of hydrogen-bond acceptors (Lipinski definition) is 1. The Hall–Kier alpha value is -0.820. The van der Waals surface area contributed by atoms with Gasteiger partial charge in [0.15, 0.2) is 0 Å². The molecule has 0 amide bonds. The van der Waals surface area contributed by atoms with Crippen LogP contribution in [0.15, 0.2) is 24.3 Å². The molecule has 0 unspecified atom stereocenters. The fraction of sp³-hybridized carbons (Fsp3) is 0.684. The van der Waals surface area contributed by atoms with Crippen molar-refractivity contribution in [3.8, 4) is 0 Å². The van der Waals surface area contributed by atoms with E-state index in [2.05, 4.69) is 63.8 Å². The predicted octanol–water partition coefficient (Wildman–Crippen LogP) is 5.14. The van der Waals surface area contributed by atoms with Gasteiger partial charge in [0, 0.05) is 19.6 Å². The molecule has 0 saturated heterocycles. The zero-order chi connectivity index (χ0) is 15.0. The van der Waals surface area contributed by atoms with Crippen molar-refractivity contribution in [3.63, 3.8) is 0 Å². The summed E-state index contributed by atoms with van der Waals surface area (Å²) in [5.74, 6) is 1.47. The normalized spacial score (nSPS) is 11.8. The van der Waals surface area contributed by atoms with E-state index in [0.717, 1.165) is 18.4 Å². The van der Waals surface area contributed by atoms with E-state index in [9.17, 15) is 0 Å². The van der Waals surface area contributed by atoms with E-state index in [4.69, 9.17) is 0 Å². The van der Waals surface area contributed by atoms with Gasteiger partial charge in [-0.2, -0.15) is 0 Å². The lowest BCUT2D eigenvalue weighted by Gasteiger charge is -2.27. The lowest BCUT2D eigenvalue weighted by molar-refractivity contribution is 0.211. The van der Waals surface area contributed by atoms with E-state index in [1.54, 1.807) is 5.56 Å². The second kappa shape index (κ2) is 9.18. The van der Waals surface area contributed by atoms with Crippen LogP contribution in [-0.4, -0.2) is 18.0 Å². The molecule has 1 nitrogen and oxygen atoms in total. The van der Waals surface area contributed by atoms with Gasteiger partial charge in [-0.1, -0.05) is 65.3 Å². The molecule has 0 heterocycles. The van der Waals surface area contributed by atoms with Crippen LogP contribution in [0.1, 0.15) is 58.6 Å². The summed E-state index contributed by atoms with van der Waals surface area (Å²) in [4.78, 5) is 2.63. The van der Waals surface area contributed by atoms with E-state index in [-0.39, 0.29) is 0 Å². The number of unbranched alkanes of at least 4 members (excludes halogenated alkanes) is 1. The first-order valence-corrected chi connectivity index (χ1v) is 8.32. The summed E-state index contributed by atoms with van der Waals surface area (Å²) < 4.78 is 0. The van der Waals surface area contributed by atoms with Crippen molar-refractivity contribution in [2.75, 3.05) is 13.1 Å². The number of benzene rings is 1. The van der Waals surface area contributed by atoms with Crippen molar-refractivity contribution in [2.45, 2.75) is 60.4 Å². The minimum atomic E-state index is 0.733. The Morgan fingerprint density at radius 3 is 1.95 bits per heavy atom. The third kappa shape index (κ3) is 6.56. The summed E-state index contributed by atoms with van der Waals surface area (Å²) >= 11 is 0. The Labute approximate surface area is 126 Å². The van der Waals surface area contributed by atoms with Gasteiger partial charge in [0.25, 0.3) is 0 Å². The zero-order valence-electron chi connectivity index (χ0n) is 14.2. The lowest BCUT2D eigenvalue weighted by atomic mass is 10.0. The minimum absolute atomic E-state index is 0.733. The minimum Gasteiger partial charge on any atom is -0.299 e. The second-order valence-corrected chi connectivity index (χ2v) is 6.85. The van der Waals surface area contributed by atoms with Crippen LogP contribution in [-0.2, 0) is 13.0 Å². The first kappa shape index (κ1) is 17.2. The molecule has 114 valence electrons. The molecular formula is C19H33N. The highest BCUT2D eigenvalue weighted by atomic mass is 15.1. The van der Waals surface area contributed by atoms with Gasteiger partial charge in [-0.25, -0.2) is 0 Å². The van der Waals surface area contributed by atoms with Gasteiger partial charge in [-0.05, 0) is 35.8 Å². The van der Waals surface area contributed by atoms with Crippen molar-refractivity contribution in [1.29, 1.82) is 0 Å². The average molecular weight is 275 g/mol. The number of aryl methyl sites for hydroxylation is 1. The molecule has 0 fully saturated rings. The van der Waals surface area contributed by atoms with Gasteiger partial charge in [0.2, 0.25) is 0 Å². The number of rotatable bonds is 9. The molecule has 0 aliphatic rings. The smallest absolute Gasteiger partial charge is 0.0236 e. The first-order chi connectivity index (χ1) is 9.52. The summed E-state index contributed by atoms with van der Waals surface area (Å²) in [6.45, 7) is 15.0. The largest absolute Gasteiger partial charge is 0.299 e. The van der Waals surface area contributed by atoms with Gasteiger partial charge in [-0.15, -0.1) is 0 Å². The third-order valence-corrected chi connectivity index (χ3v) is 3.56. The van der Waals surface area contributed by atoms with Crippen molar-refractivity contribution >= 4 is 0 Å². The van der Waals surface area contributed by atoms with Crippen LogP contribution in [0.5, 0.6) is 0 Å². The summed E-state index contributed by atoms with van der Waals surface area (Å²) in [6, 6.07) is 9.00. The molecule has 0 aliphatic heterocycles. The van der Waals surface area contributed by atoms with Crippen LogP contribution in [0.2, 0.25) is 0 Å². The summed E-state index contributed by atoms with van der Waals surface area (Å²) in [5, 5.41) is 0. The number of nitrogens with zero attached hydrogens (tertiary/aromatic N) is 1. The van der Waals surface area contributed by atoms with Crippen LogP contribution < -0.4 is 0 Å². The van der Waals surface area contributed by atoms with Gasteiger partial charge in [-0.3, -0.25) is 4.90 Å².